The molecule has 0 bridgehead atoms. The summed E-state index contributed by atoms with van der Waals surface area (Å²) in [5.41, 5.74) is 0.189. The van der Waals surface area contributed by atoms with Gasteiger partial charge < -0.3 is 23.7 Å². The molecule has 3 aliphatic rings. The molecular weight excluding hydrogens is 393 g/mol. The van der Waals surface area contributed by atoms with Gasteiger partial charge in [-0.15, -0.1) is 0 Å². The Morgan fingerprint density at radius 3 is 2.26 bits per heavy atom. The molecule has 2 aliphatic heterocycles. The lowest BCUT2D eigenvalue weighted by atomic mass is 9.70. The van der Waals surface area contributed by atoms with Crippen LogP contribution in [-0.4, -0.2) is 60.7 Å². The summed E-state index contributed by atoms with van der Waals surface area (Å²) in [6.45, 7) is 16.3. The fraction of sp³-hybridized carbons (Fsp3) is 0.875. The maximum atomic E-state index is 12.9. The first-order chi connectivity index (χ1) is 14.4. The van der Waals surface area contributed by atoms with Gasteiger partial charge in [0, 0.05) is 25.8 Å². The molecule has 0 aromatic rings. The lowest BCUT2D eigenvalue weighted by Crippen LogP contribution is -2.46. The molecular formula is C24H42BNO5. The molecule has 0 saturated carbocycles. The Bertz CT molecular complexity index is 647. The minimum absolute atomic E-state index is 0.191. The Balaban J connectivity index is 1.56. The van der Waals surface area contributed by atoms with Crippen LogP contribution in [0.25, 0.3) is 0 Å². The van der Waals surface area contributed by atoms with Gasteiger partial charge in [0.25, 0.3) is 0 Å². The lowest BCUT2D eigenvalue weighted by Gasteiger charge is -2.36. The van der Waals surface area contributed by atoms with E-state index in [1.54, 1.807) is 0 Å². The SMILES string of the molecule is CC(C)(C)OC(=O)N(CCC1CC=C(B2OC(C)(C)C(C)(C)O2)CC1)C1CCOCC1. The predicted molar refractivity (Wildman–Crippen MR) is 123 cm³/mol. The number of nitrogens with zero attached hydrogens (tertiary/aromatic N) is 1. The standard InChI is InChI=1S/C24H42BNO5/c1-22(2,3)29-21(27)26(20-13-16-28-17-14-20)15-12-18-8-10-19(11-9-18)25-30-23(4,5)24(6,7)31-25/h10,18,20H,8-9,11-17H2,1-7H3. The van der Waals surface area contributed by atoms with E-state index in [1.165, 1.54) is 5.47 Å². The van der Waals surface area contributed by atoms with Crippen LogP contribution in [0.4, 0.5) is 4.79 Å². The zero-order valence-electron chi connectivity index (χ0n) is 20.7. The first-order valence-electron chi connectivity index (χ1n) is 12.0. The zero-order chi connectivity index (χ0) is 22.9. The summed E-state index contributed by atoms with van der Waals surface area (Å²) in [4.78, 5) is 14.9. The number of hydrogen-bond donors (Lipinski definition) is 0. The molecule has 1 unspecified atom stereocenters. The van der Waals surface area contributed by atoms with Crippen molar-refractivity contribution in [2.24, 2.45) is 5.92 Å². The summed E-state index contributed by atoms with van der Waals surface area (Å²) < 4.78 is 23.7. The third-order valence-corrected chi connectivity index (χ3v) is 7.15. The van der Waals surface area contributed by atoms with E-state index in [0.29, 0.717) is 19.1 Å². The average molecular weight is 435 g/mol. The van der Waals surface area contributed by atoms with Gasteiger partial charge in [-0.25, -0.2) is 4.79 Å². The number of rotatable bonds is 5. The molecule has 1 atom stereocenters. The predicted octanol–water partition coefficient (Wildman–Crippen LogP) is 5.15. The highest BCUT2D eigenvalue weighted by molar-refractivity contribution is 6.54. The zero-order valence-corrected chi connectivity index (χ0v) is 20.7. The minimum atomic E-state index is -0.480. The maximum absolute atomic E-state index is 12.9. The summed E-state index contributed by atoms with van der Waals surface area (Å²) in [5.74, 6) is 0.566. The molecule has 31 heavy (non-hydrogen) atoms. The Morgan fingerprint density at radius 1 is 1.13 bits per heavy atom. The van der Waals surface area contributed by atoms with Crippen LogP contribution < -0.4 is 0 Å². The molecule has 1 aliphatic carbocycles. The molecule has 2 heterocycles. The van der Waals surface area contributed by atoms with Crippen molar-refractivity contribution in [3.05, 3.63) is 11.5 Å². The Morgan fingerprint density at radius 2 is 1.74 bits per heavy atom. The molecule has 0 spiro atoms. The first kappa shape index (κ1) is 24.6. The first-order valence-corrected chi connectivity index (χ1v) is 12.0. The number of hydrogen-bond acceptors (Lipinski definition) is 5. The summed E-state index contributed by atoms with van der Waals surface area (Å²) in [5, 5.41) is 0. The van der Waals surface area contributed by atoms with E-state index in [4.69, 9.17) is 18.8 Å². The number of ether oxygens (including phenoxy) is 2. The van der Waals surface area contributed by atoms with E-state index < -0.39 is 5.60 Å². The van der Waals surface area contributed by atoms with Crippen molar-refractivity contribution in [1.82, 2.24) is 4.90 Å². The number of carbonyl (C=O) groups excluding carboxylic acids is 1. The summed E-state index contributed by atoms with van der Waals surface area (Å²) >= 11 is 0. The number of amides is 1. The van der Waals surface area contributed by atoms with Crippen LogP contribution in [0.15, 0.2) is 11.5 Å². The van der Waals surface area contributed by atoms with Crippen LogP contribution in [0.5, 0.6) is 0 Å². The molecule has 1 amide bonds. The molecule has 6 nitrogen and oxygen atoms in total. The van der Waals surface area contributed by atoms with Crippen LogP contribution in [0.1, 0.15) is 87.0 Å². The average Bonchev–Trinajstić information content (AvgIpc) is 2.89. The van der Waals surface area contributed by atoms with E-state index in [1.807, 2.05) is 25.7 Å². The highest BCUT2D eigenvalue weighted by Gasteiger charge is 2.52. The third kappa shape index (κ3) is 6.26. The molecule has 2 fully saturated rings. The van der Waals surface area contributed by atoms with E-state index in [2.05, 4.69) is 33.8 Å². The van der Waals surface area contributed by atoms with Gasteiger partial charge in [-0.3, -0.25) is 0 Å². The van der Waals surface area contributed by atoms with Crippen LogP contribution in [0.3, 0.4) is 0 Å². The largest absolute Gasteiger partial charge is 0.490 e. The van der Waals surface area contributed by atoms with E-state index >= 15 is 0 Å². The molecule has 2 saturated heterocycles. The Labute approximate surface area is 189 Å². The second-order valence-electron chi connectivity index (χ2n) is 11.3. The van der Waals surface area contributed by atoms with Crippen LogP contribution in [-0.2, 0) is 18.8 Å². The van der Waals surface area contributed by atoms with Gasteiger partial charge >= 0.3 is 13.2 Å². The van der Waals surface area contributed by atoms with E-state index in [9.17, 15) is 4.79 Å². The van der Waals surface area contributed by atoms with Crippen molar-refractivity contribution in [2.75, 3.05) is 19.8 Å². The van der Waals surface area contributed by atoms with Crippen molar-refractivity contribution in [3.8, 4) is 0 Å². The molecule has 3 rings (SSSR count). The maximum Gasteiger partial charge on any atom is 0.490 e. The highest BCUT2D eigenvalue weighted by atomic mass is 16.7. The molecule has 7 heteroatoms. The molecule has 0 radical (unpaired) electrons. The quantitative estimate of drug-likeness (QED) is 0.559. The smallest absolute Gasteiger partial charge is 0.444 e. The number of allylic oxidation sites excluding steroid dienone is 2. The van der Waals surface area contributed by atoms with Crippen molar-refractivity contribution in [2.45, 2.75) is 110 Å². The van der Waals surface area contributed by atoms with Gasteiger partial charge in [-0.2, -0.15) is 0 Å². The lowest BCUT2D eigenvalue weighted by molar-refractivity contribution is -0.00698. The van der Waals surface area contributed by atoms with Crippen LogP contribution in [0, 0.1) is 5.92 Å². The summed E-state index contributed by atoms with van der Waals surface area (Å²) in [6.07, 6.45) is 7.98. The molecule has 176 valence electrons. The van der Waals surface area contributed by atoms with Gasteiger partial charge in [0.2, 0.25) is 0 Å². The molecule has 0 aromatic heterocycles. The van der Waals surface area contributed by atoms with Gasteiger partial charge in [0.15, 0.2) is 0 Å². The monoisotopic (exact) mass is 435 g/mol. The van der Waals surface area contributed by atoms with Gasteiger partial charge in [-0.05, 0) is 98.4 Å². The van der Waals surface area contributed by atoms with Gasteiger partial charge in [-0.1, -0.05) is 6.08 Å². The second kappa shape index (κ2) is 9.44. The normalized spacial score (nSPS) is 26.5. The van der Waals surface area contributed by atoms with Gasteiger partial charge in [0.05, 0.1) is 11.2 Å². The van der Waals surface area contributed by atoms with Gasteiger partial charge in [0.1, 0.15) is 5.60 Å². The summed E-state index contributed by atoms with van der Waals surface area (Å²) in [6, 6.07) is 0.211. The topological polar surface area (TPSA) is 57.2 Å². The third-order valence-electron chi connectivity index (χ3n) is 7.15. The highest BCUT2D eigenvalue weighted by Crippen LogP contribution is 2.41. The Hall–Kier alpha value is -1.05. The van der Waals surface area contributed by atoms with Crippen molar-refractivity contribution in [3.63, 3.8) is 0 Å². The summed E-state index contributed by atoms with van der Waals surface area (Å²) in [7, 11) is -0.230. The minimum Gasteiger partial charge on any atom is -0.444 e. The number of carbonyl (C=O) groups is 1. The van der Waals surface area contributed by atoms with Crippen molar-refractivity contribution >= 4 is 13.2 Å². The molecule has 0 N–H and O–H groups in total. The van der Waals surface area contributed by atoms with Crippen LogP contribution in [0.2, 0.25) is 0 Å². The fourth-order valence-electron chi connectivity index (χ4n) is 4.44. The Kier molecular flexibility index (Phi) is 7.49. The fourth-order valence-corrected chi connectivity index (χ4v) is 4.44. The van der Waals surface area contributed by atoms with E-state index in [0.717, 1.165) is 45.1 Å². The van der Waals surface area contributed by atoms with Crippen LogP contribution >= 0.6 is 0 Å². The van der Waals surface area contributed by atoms with E-state index in [-0.39, 0.29) is 30.5 Å². The second-order valence-corrected chi connectivity index (χ2v) is 11.3. The van der Waals surface area contributed by atoms with Crippen molar-refractivity contribution in [1.29, 1.82) is 0 Å². The molecule has 0 aromatic carbocycles. The van der Waals surface area contributed by atoms with Crippen molar-refractivity contribution < 1.29 is 23.6 Å².